The Hall–Kier alpha value is -1.35. The van der Waals surface area contributed by atoms with Crippen LogP contribution in [0.4, 0.5) is 0 Å². The molecule has 0 atom stereocenters. The number of hydrogen-bond donors (Lipinski definition) is 1. The lowest BCUT2D eigenvalue weighted by atomic mass is 9.96. The number of nitrogens with two attached hydrogens (primary N) is 1. The maximum atomic E-state index is 11.1. The van der Waals surface area contributed by atoms with E-state index in [4.69, 9.17) is 10.5 Å². The summed E-state index contributed by atoms with van der Waals surface area (Å²) in [5, 5.41) is 0. The average Bonchev–Trinajstić information content (AvgIpc) is 2.15. The Balaban J connectivity index is 2.75. The topological polar surface area (TPSA) is 52.3 Å². The van der Waals surface area contributed by atoms with Crippen molar-refractivity contribution in [3.63, 3.8) is 0 Å². The van der Waals surface area contributed by atoms with Crippen LogP contribution in [-0.4, -0.2) is 11.5 Å². The molecule has 0 radical (unpaired) electrons. The summed E-state index contributed by atoms with van der Waals surface area (Å²) in [7, 11) is 0. The Labute approximate surface area is 96.6 Å². The largest absolute Gasteiger partial charge is 0.427 e. The molecule has 0 amide bonds. The van der Waals surface area contributed by atoms with Crippen LogP contribution in [0.3, 0.4) is 0 Å². The average molecular weight is 221 g/mol. The molecule has 0 bridgehead atoms. The maximum Gasteiger partial charge on any atom is 0.310 e. The zero-order chi connectivity index (χ0) is 12.2. The fraction of sp³-hybridized carbons (Fsp3) is 0.462. The van der Waals surface area contributed by atoms with E-state index in [2.05, 4.69) is 0 Å². The third-order valence-electron chi connectivity index (χ3n) is 2.08. The molecule has 0 fully saturated rings. The minimum absolute atomic E-state index is 0.218. The van der Waals surface area contributed by atoms with Crippen molar-refractivity contribution in [1.82, 2.24) is 0 Å². The number of carbonyl (C=O) groups is 1. The van der Waals surface area contributed by atoms with E-state index < -0.39 is 0 Å². The van der Waals surface area contributed by atoms with Crippen molar-refractivity contribution >= 4 is 5.97 Å². The Kier molecular flexibility index (Phi) is 4.07. The standard InChI is InChI=1S/C13H19NO2/c1-4-12(15)16-11-7-5-6-10(8-11)9-13(2,3)14/h5-8H,4,9,14H2,1-3H3. The summed E-state index contributed by atoms with van der Waals surface area (Å²) in [6.07, 6.45) is 1.14. The number of rotatable bonds is 4. The highest BCUT2D eigenvalue weighted by Crippen LogP contribution is 2.17. The van der Waals surface area contributed by atoms with Crippen LogP contribution in [0.1, 0.15) is 32.8 Å². The van der Waals surface area contributed by atoms with E-state index in [9.17, 15) is 4.79 Å². The number of hydrogen-bond acceptors (Lipinski definition) is 3. The lowest BCUT2D eigenvalue weighted by Gasteiger charge is -2.18. The first kappa shape index (κ1) is 12.7. The molecular formula is C13H19NO2. The molecule has 1 aromatic carbocycles. The van der Waals surface area contributed by atoms with Crippen LogP contribution in [0, 0.1) is 0 Å². The van der Waals surface area contributed by atoms with Gasteiger partial charge in [-0.3, -0.25) is 4.79 Å². The molecule has 88 valence electrons. The van der Waals surface area contributed by atoms with Gasteiger partial charge in [0.1, 0.15) is 5.75 Å². The molecule has 3 nitrogen and oxygen atoms in total. The Morgan fingerprint density at radius 1 is 1.44 bits per heavy atom. The molecule has 16 heavy (non-hydrogen) atoms. The van der Waals surface area contributed by atoms with E-state index in [-0.39, 0.29) is 11.5 Å². The Morgan fingerprint density at radius 3 is 2.69 bits per heavy atom. The minimum atomic E-state index is -0.257. The Bertz CT molecular complexity index is 366. The quantitative estimate of drug-likeness (QED) is 0.627. The second-order valence-corrected chi connectivity index (χ2v) is 4.64. The van der Waals surface area contributed by atoms with Gasteiger partial charge in [0.2, 0.25) is 0 Å². The predicted molar refractivity (Wildman–Crippen MR) is 64.3 cm³/mol. The van der Waals surface area contributed by atoms with Crippen LogP contribution in [0.5, 0.6) is 5.75 Å². The summed E-state index contributed by atoms with van der Waals surface area (Å²) >= 11 is 0. The summed E-state index contributed by atoms with van der Waals surface area (Å²) in [5.74, 6) is 0.373. The number of carbonyl (C=O) groups excluding carboxylic acids is 1. The normalized spacial score (nSPS) is 11.2. The van der Waals surface area contributed by atoms with Crippen LogP contribution in [-0.2, 0) is 11.2 Å². The van der Waals surface area contributed by atoms with E-state index in [1.807, 2.05) is 32.0 Å². The van der Waals surface area contributed by atoms with Crippen LogP contribution in [0.2, 0.25) is 0 Å². The van der Waals surface area contributed by atoms with E-state index in [0.717, 1.165) is 12.0 Å². The molecule has 2 N–H and O–H groups in total. The van der Waals surface area contributed by atoms with Crippen molar-refractivity contribution in [2.45, 2.75) is 39.2 Å². The van der Waals surface area contributed by atoms with Crippen LogP contribution >= 0.6 is 0 Å². The smallest absolute Gasteiger partial charge is 0.310 e. The van der Waals surface area contributed by atoms with Crippen molar-refractivity contribution in [3.8, 4) is 5.75 Å². The maximum absolute atomic E-state index is 11.1. The zero-order valence-electron chi connectivity index (χ0n) is 10.1. The van der Waals surface area contributed by atoms with Gasteiger partial charge in [0.25, 0.3) is 0 Å². The molecule has 0 aromatic heterocycles. The lowest BCUT2D eigenvalue weighted by Crippen LogP contribution is -2.34. The zero-order valence-corrected chi connectivity index (χ0v) is 10.1. The molecule has 3 heteroatoms. The minimum Gasteiger partial charge on any atom is -0.427 e. The van der Waals surface area contributed by atoms with Crippen LogP contribution in [0.25, 0.3) is 0 Å². The van der Waals surface area contributed by atoms with Crippen molar-refractivity contribution < 1.29 is 9.53 Å². The number of benzene rings is 1. The molecule has 0 saturated carbocycles. The van der Waals surface area contributed by atoms with Gasteiger partial charge in [-0.2, -0.15) is 0 Å². The van der Waals surface area contributed by atoms with E-state index in [0.29, 0.717) is 12.2 Å². The summed E-state index contributed by atoms with van der Waals surface area (Å²) in [4.78, 5) is 11.1. The summed E-state index contributed by atoms with van der Waals surface area (Å²) < 4.78 is 5.14. The monoisotopic (exact) mass is 221 g/mol. The highest BCUT2D eigenvalue weighted by atomic mass is 16.5. The highest BCUT2D eigenvalue weighted by molar-refractivity contribution is 5.71. The lowest BCUT2D eigenvalue weighted by molar-refractivity contribution is -0.134. The SMILES string of the molecule is CCC(=O)Oc1cccc(CC(C)(C)N)c1. The third-order valence-corrected chi connectivity index (χ3v) is 2.08. The van der Waals surface area contributed by atoms with Gasteiger partial charge in [-0.05, 0) is 38.0 Å². The molecule has 0 aliphatic carbocycles. The van der Waals surface area contributed by atoms with E-state index >= 15 is 0 Å². The van der Waals surface area contributed by atoms with Gasteiger partial charge in [-0.1, -0.05) is 19.1 Å². The van der Waals surface area contributed by atoms with Crippen molar-refractivity contribution in [1.29, 1.82) is 0 Å². The van der Waals surface area contributed by atoms with Crippen molar-refractivity contribution in [2.75, 3.05) is 0 Å². The van der Waals surface area contributed by atoms with Crippen molar-refractivity contribution in [3.05, 3.63) is 29.8 Å². The molecule has 1 aromatic rings. The number of ether oxygens (including phenoxy) is 1. The first-order valence-corrected chi connectivity index (χ1v) is 5.49. The van der Waals surface area contributed by atoms with Gasteiger partial charge in [-0.25, -0.2) is 0 Å². The molecule has 1 rings (SSSR count). The second-order valence-electron chi connectivity index (χ2n) is 4.64. The third kappa shape index (κ3) is 4.45. The summed E-state index contributed by atoms with van der Waals surface area (Å²) in [6.45, 7) is 5.71. The van der Waals surface area contributed by atoms with E-state index in [1.54, 1.807) is 13.0 Å². The van der Waals surface area contributed by atoms with Gasteiger partial charge in [0.15, 0.2) is 0 Å². The predicted octanol–water partition coefficient (Wildman–Crippen LogP) is 2.28. The molecule has 0 heterocycles. The molecular weight excluding hydrogens is 202 g/mol. The fourth-order valence-corrected chi connectivity index (χ4v) is 1.45. The summed E-state index contributed by atoms with van der Waals surface area (Å²) in [5.41, 5.74) is 6.76. The molecule has 0 saturated heterocycles. The van der Waals surface area contributed by atoms with Gasteiger partial charge < -0.3 is 10.5 Å². The molecule has 0 spiro atoms. The Morgan fingerprint density at radius 2 is 2.12 bits per heavy atom. The van der Waals surface area contributed by atoms with Gasteiger partial charge >= 0.3 is 5.97 Å². The molecule has 0 aliphatic heterocycles. The first-order chi connectivity index (χ1) is 7.40. The first-order valence-electron chi connectivity index (χ1n) is 5.49. The van der Waals surface area contributed by atoms with Gasteiger partial charge in [0.05, 0.1) is 0 Å². The summed E-state index contributed by atoms with van der Waals surface area (Å²) in [6, 6.07) is 7.50. The van der Waals surface area contributed by atoms with Crippen molar-refractivity contribution in [2.24, 2.45) is 5.73 Å². The molecule has 0 unspecified atom stereocenters. The fourth-order valence-electron chi connectivity index (χ4n) is 1.45. The van der Waals surface area contributed by atoms with E-state index in [1.165, 1.54) is 0 Å². The van der Waals surface area contributed by atoms with Crippen LogP contribution < -0.4 is 10.5 Å². The number of esters is 1. The van der Waals surface area contributed by atoms with Gasteiger partial charge in [0, 0.05) is 12.0 Å². The van der Waals surface area contributed by atoms with Crippen LogP contribution in [0.15, 0.2) is 24.3 Å². The van der Waals surface area contributed by atoms with Gasteiger partial charge in [-0.15, -0.1) is 0 Å². The highest BCUT2D eigenvalue weighted by Gasteiger charge is 2.12. The molecule has 0 aliphatic rings. The second kappa shape index (κ2) is 5.12.